The third-order valence-corrected chi connectivity index (χ3v) is 5.78. The molecule has 2 N–H and O–H groups in total. The summed E-state index contributed by atoms with van der Waals surface area (Å²) < 4.78 is 5.43. The Bertz CT molecular complexity index is 1350. The van der Waals surface area contributed by atoms with Crippen molar-refractivity contribution < 1.29 is 9.53 Å². The van der Waals surface area contributed by atoms with Gasteiger partial charge in [-0.2, -0.15) is 0 Å². The molecular weight excluding hydrogens is 378 g/mol. The van der Waals surface area contributed by atoms with Crippen molar-refractivity contribution in [3.63, 3.8) is 0 Å². The molecule has 0 radical (unpaired) electrons. The van der Waals surface area contributed by atoms with Crippen molar-refractivity contribution in [2.75, 3.05) is 0 Å². The standard InChI is InChI=1S/C20H17N3O4S/c1-9-11(3)28-19-16(9)18(25)22-17(23-19)10(2)27-20(26)14-8-15(24)12-6-4-5-7-13(12)21-14/h4-8,10H,1-3H3,(H,21,24)(H,22,23,25)/t10-/m1/s1. The largest absolute Gasteiger partial charge is 0.450 e. The second kappa shape index (κ2) is 6.72. The maximum Gasteiger partial charge on any atom is 0.355 e. The van der Waals surface area contributed by atoms with Gasteiger partial charge in [-0.1, -0.05) is 12.1 Å². The fourth-order valence-electron chi connectivity index (χ4n) is 3.05. The first-order valence-corrected chi connectivity index (χ1v) is 9.49. The number of rotatable bonds is 3. The minimum absolute atomic E-state index is 0.0433. The number of aryl methyl sites for hydroxylation is 2. The van der Waals surface area contributed by atoms with E-state index in [1.54, 1.807) is 31.2 Å². The Morgan fingerprint density at radius 1 is 1.18 bits per heavy atom. The van der Waals surface area contributed by atoms with Crippen LogP contribution in [-0.2, 0) is 4.74 Å². The number of nitrogens with one attached hydrogen (secondary N) is 2. The van der Waals surface area contributed by atoms with Crippen LogP contribution in [0.15, 0.2) is 39.9 Å². The third kappa shape index (κ3) is 3.01. The van der Waals surface area contributed by atoms with Gasteiger partial charge in [0.15, 0.2) is 17.4 Å². The number of ether oxygens (including phenoxy) is 1. The van der Waals surface area contributed by atoms with Crippen LogP contribution in [0.1, 0.15) is 39.8 Å². The second-order valence-electron chi connectivity index (χ2n) is 6.55. The van der Waals surface area contributed by atoms with Crippen molar-refractivity contribution in [1.29, 1.82) is 0 Å². The summed E-state index contributed by atoms with van der Waals surface area (Å²) in [5.74, 6) is -0.438. The van der Waals surface area contributed by atoms with Gasteiger partial charge in [-0.25, -0.2) is 9.78 Å². The van der Waals surface area contributed by atoms with Gasteiger partial charge < -0.3 is 14.7 Å². The summed E-state index contributed by atoms with van der Waals surface area (Å²) in [6, 6.07) is 8.13. The van der Waals surface area contributed by atoms with Crippen LogP contribution in [0.4, 0.5) is 0 Å². The molecule has 0 aliphatic heterocycles. The van der Waals surface area contributed by atoms with Gasteiger partial charge in [0.05, 0.1) is 5.39 Å². The number of benzene rings is 1. The number of hydrogen-bond donors (Lipinski definition) is 2. The van der Waals surface area contributed by atoms with E-state index in [0.717, 1.165) is 10.4 Å². The number of H-pyrrole nitrogens is 2. The molecule has 4 rings (SSSR count). The molecule has 142 valence electrons. The maximum absolute atomic E-state index is 12.5. The fraction of sp³-hybridized carbons (Fsp3) is 0.200. The summed E-state index contributed by atoms with van der Waals surface area (Å²) >= 11 is 1.42. The molecule has 1 aromatic carbocycles. The van der Waals surface area contributed by atoms with Crippen molar-refractivity contribution >= 4 is 38.4 Å². The van der Waals surface area contributed by atoms with Gasteiger partial charge in [-0.15, -0.1) is 11.3 Å². The number of para-hydroxylation sites is 1. The average molecular weight is 395 g/mol. The summed E-state index contributed by atoms with van der Waals surface area (Å²) in [7, 11) is 0. The number of fused-ring (bicyclic) bond motifs is 2. The lowest BCUT2D eigenvalue weighted by Crippen LogP contribution is -2.18. The first-order chi connectivity index (χ1) is 13.3. The number of aromatic amines is 2. The van der Waals surface area contributed by atoms with E-state index in [1.807, 2.05) is 13.8 Å². The minimum atomic E-state index is -0.790. The molecule has 0 spiro atoms. The molecule has 0 aliphatic rings. The second-order valence-corrected chi connectivity index (χ2v) is 7.76. The zero-order valence-corrected chi connectivity index (χ0v) is 16.3. The maximum atomic E-state index is 12.5. The Morgan fingerprint density at radius 2 is 1.93 bits per heavy atom. The van der Waals surface area contributed by atoms with E-state index < -0.39 is 12.1 Å². The topological polar surface area (TPSA) is 105 Å². The number of hydrogen-bond acceptors (Lipinski definition) is 6. The van der Waals surface area contributed by atoms with Crippen LogP contribution < -0.4 is 11.0 Å². The van der Waals surface area contributed by atoms with Crippen LogP contribution in [0.3, 0.4) is 0 Å². The lowest BCUT2D eigenvalue weighted by molar-refractivity contribution is 0.0313. The highest BCUT2D eigenvalue weighted by molar-refractivity contribution is 7.18. The van der Waals surface area contributed by atoms with Crippen molar-refractivity contribution in [2.45, 2.75) is 26.9 Å². The van der Waals surface area contributed by atoms with Crippen molar-refractivity contribution in [2.24, 2.45) is 0 Å². The van der Waals surface area contributed by atoms with Crippen molar-refractivity contribution in [1.82, 2.24) is 15.0 Å². The lowest BCUT2D eigenvalue weighted by Gasteiger charge is -2.13. The molecule has 0 saturated carbocycles. The van der Waals surface area contributed by atoms with Gasteiger partial charge >= 0.3 is 5.97 Å². The Hall–Kier alpha value is -3.26. The lowest BCUT2D eigenvalue weighted by atomic mass is 10.2. The smallest absolute Gasteiger partial charge is 0.355 e. The van der Waals surface area contributed by atoms with Gasteiger partial charge in [-0.05, 0) is 38.5 Å². The molecule has 8 heteroatoms. The van der Waals surface area contributed by atoms with Crippen LogP contribution in [0, 0.1) is 13.8 Å². The Kier molecular flexibility index (Phi) is 4.35. The molecule has 1 atom stereocenters. The summed E-state index contributed by atoms with van der Waals surface area (Å²) in [5, 5.41) is 1.05. The third-order valence-electron chi connectivity index (χ3n) is 4.68. The van der Waals surface area contributed by atoms with Gasteiger partial charge in [-0.3, -0.25) is 9.59 Å². The highest BCUT2D eigenvalue weighted by Gasteiger charge is 2.20. The number of nitrogens with zero attached hydrogens (tertiary/aromatic N) is 1. The first-order valence-electron chi connectivity index (χ1n) is 8.68. The molecular formula is C20H17N3O4S. The zero-order chi connectivity index (χ0) is 20.0. The van der Waals surface area contributed by atoms with Gasteiger partial charge in [0.2, 0.25) is 0 Å². The minimum Gasteiger partial charge on any atom is -0.450 e. The highest BCUT2D eigenvalue weighted by Crippen LogP contribution is 2.27. The number of esters is 1. The molecule has 0 bridgehead atoms. The SMILES string of the molecule is Cc1sc2nc([C@@H](C)OC(=O)c3cc(=O)c4ccccc4[nH]3)[nH]c(=O)c2c1C. The molecule has 3 aromatic heterocycles. The molecule has 0 aliphatic carbocycles. The Balaban J connectivity index is 1.66. The quantitative estimate of drug-likeness (QED) is 0.518. The van der Waals surface area contributed by atoms with Crippen molar-refractivity contribution in [3.8, 4) is 0 Å². The Labute approximate surface area is 163 Å². The molecule has 28 heavy (non-hydrogen) atoms. The molecule has 0 saturated heterocycles. The molecule has 0 unspecified atom stereocenters. The predicted molar refractivity (Wildman–Crippen MR) is 108 cm³/mol. The van der Waals surface area contributed by atoms with Crippen LogP contribution in [0.2, 0.25) is 0 Å². The van der Waals surface area contributed by atoms with E-state index in [1.165, 1.54) is 17.4 Å². The number of thiophene rings is 1. The first kappa shape index (κ1) is 18.1. The van der Waals surface area contributed by atoms with Gasteiger partial charge in [0.25, 0.3) is 5.56 Å². The zero-order valence-electron chi connectivity index (χ0n) is 15.5. The Morgan fingerprint density at radius 3 is 2.71 bits per heavy atom. The highest BCUT2D eigenvalue weighted by atomic mass is 32.1. The molecule has 7 nitrogen and oxygen atoms in total. The van der Waals surface area contributed by atoms with E-state index in [-0.39, 0.29) is 22.5 Å². The van der Waals surface area contributed by atoms with Crippen molar-refractivity contribution in [3.05, 3.63) is 72.9 Å². The monoisotopic (exact) mass is 395 g/mol. The van der Waals surface area contributed by atoms with Gasteiger partial charge in [0, 0.05) is 21.8 Å². The molecule has 4 aromatic rings. The fourth-order valence-corrected chi connectivity index (χ4v) is 4.09. The van der Waals surface area contributed by atoms with Crippen LogP contribution in [0.25, 0.3) is 21.1 Å². The van der Waals surface area contributed by atoms with E-state index in [4.69, 9.17) is 4.74 Å². The normalized spacial score (nSPS) is 12.4. The summed E-state index contributed by atoms with van der Waals surface area (Å²) in [6.07, 6.45) is -0.790. The van der Waals surface area contributed by atoms with E-state index >= 15 is 0 Å². The van der Waals surface area contributed by atoms with E-state index in [9.17, 15) is 14.4 Å². The average Bonchev–Trinajstić information content (AvgIpc) is 2.96. The number of carbonyl (C=O) groups is 1. The molecule has 3 heterocycles. The van der Waals surface area contributed by atoms with Crippen LogP contribution >= 0.6 is 11.3 Å². The number of carbonyl (C=O) groups excluding carboxylic acids is 1. The van der Waals surface area contributed by atoms with Crippen LogP contribution in [0.5, 0.6) is 0 Å². The molecule has 0 fully saturated rings. The van der Waals surface area contributed by atoms with Gasteiger partial charge in [0.1, 0.15) is 10.5 Å². The van der Waals surface area contributed by atoms with E-state index in [2.05, 4.69) is 15.0 Å². The summed E-state index contributed by atoms with van der Waals surface area (Å²) in [5.41, 5.74) is 0.961. The van der Waals surface area contributed by atoms with Crippen LogP contribution in [-0.4, -0.2) is 20.9 Å². The molecule has 0 amide bonds. The summed E-state index contributed by atoms with van der Waals surface area (Å²) in [6.45, 7) is 5.43. The summed E-state index contributed by atoms with van der Waals surface area (Å²) in [4.78, 5) is 48.8. The van der Waals surface area contributed by atoms with E-state index in [0.29, 0.717) is 21.1 Å². The number of aromatic nitrogens is 3. The number of pyridine rings is 1. The predicted octanol–water partition coefficient (Wildman–Crippen LogP) is 3.36.